The van der Waals surface area contributed by atoms with Crippen LogP contribution in [0.5, 0.6) is 0 Å². The lowest BCUT2D eigenvalue weighted by Gasteiger charge is -2.14. The van der Waals surface area contributed by atoms with Gasteiger partial charge in [-0.15, -0.1) is 0 Å². The van der Waals surface area contributed by atoms with Gasteiger partial charge >= 0.3 is 0 Å². The fourth-order valence-corrected chi connectivity index (χ4v) is 2.09. The molecule has 3 nitrogen and oxygen atoms in total. The quantitative estimate of drug-likeness (QED) is 0.946. The number of rotatable bonds is 3. The molecule has 1 unspecified atom stereocenters. The molecule has 0 fully saturated rings. The Morgan fingerprint density at radius 1 is 1.47 bits per heavy atom. The molecule has 5 heteroatoms. The average molecular weight is 299 g/mol. The molecule has 0 aliphatic carbocycles. The van der Waals surface area contributed by atoms with Gasteiger partial charge in [-0.05, 0) is 25.2 Å². The van der Waals surface area contributed by atoms with Gasteiger partial charge in [0.05, 0.1) is 6.04 Å². The van der Waals surface area contributed by atoms with Crippen LogP contribution in [-0.4, -0.2) is 12.0 Å². The Morgan fingerprint density at radius 2 is 2.24 bits per heavy atom. The summed E-state index contributed by atoms with van der Waals surface area (Å²) in [6, 6.07) is 4.52. The highest BCUT2D eigenvalue weighted by Gasteiger charge is 2.19. The van der Waals surface area contributed by atoms with Crippen molar-refractivity contribution in [3.63, 3.8) is 0 Å². The van der Waals surface area contributed by atoms with Gasteiger partial charge in [-0.3, -0.25) is 0 Å². The van der Waals surface area contributed by atoms with Gasteiger partial charge < -0.3 is 9.73 Å². The number of hydrogen-bond acceptors (Lipinski definition) is 3. The van der Waals surface area contributed by atoms with Crippen molar-refractivity contribution in [1.29, 1.82) is 0 Å². The van der Waals surface area contributed by atoms with Gasteiger partial charge in [-0.1, -0.05) is 15.9 Å². The Morgan fingerprint density at radius 3 is 2.82 bits per heavy atom. The number of aryl methyl sites for hydroxylation is 1. The smallest absolute Gasteiger partial charge is 0.191 e. The molecule has 0 aliphatic rings. The van der Waals surface area contributed by atoms with Crippen molar-refractivity contribution < 1.29 is 8.81 Å². The Kier molecular flexibility index (Phi) is 3.59. The Labute approximate surface area is 107 Å². The number of benzene rings is 1. The second-order valence-corrected chi connectivity index (χ2v) is 4.59. The molecule has 0 amide bonds. The number of hydrogen-bond donors (Lipinski definition) is 1. The fraction of sp³-hybridized carbons (Fsp3) is 0.250. The minimum absolute atomic E-state index is 0.270. The molecule has 1 heterocycles. The van der Waals surface area contributed by atoms with Crippen LogP contribution in [0.4, 0.5) is 4.39 Å². The Bertz CT molecular complexity index is 527. The third-order valence-corrected chi connectivity index (χ3v) is 2.98. The van der Waals surface area contributed by atoms with Crippen molar-refractivity contribution in [3.8, 4) is 0 Å². The molecule has 2 aromatic rings. The van der Waals surface area contributed by atoms with Crippen molar-refractivity contribution in [3.05, 3.63) is 51.9 Å². The van der Waals surface area contributed by atoms with Crippen LogP contribution in [0.3, 0.4) is 0 Å². The van der Waals surface area contributed by atoms with Crippen molar-refractivity contribution in [1.82, 2.24) is 10.3 Å². The molecule has 90 valence electrons. The van der Waals surface area contributed by atoms with E-state index in [1.807, 2.05) is 0 Å². The molecule has 1 aromatic carbocycles. The molecular formula is C12H12BrFN2O. The standard InChI is InChI=1S/C12H12BrFN2O/c1-7-16-11(6-17-7)12(15-2)9-5-8(13)3-4-10(9)14/h3-6,12,15H,1-2H3. The first-order valence-corrected chi connectivity index (χ1v) is 5.95. The summed E-state index contributed by atoms with van der Waals surface area (Å²) in [5.41, 5.74) is 1.21. The second kappa shape index (κ2) is 4.98. The summed E-state index contributed by atoms with van der Waals surface area (Å²) in [7, 11) is 1.76. The molecule has 0 spiro atoms. The van der Waals surface area contributed by atoms with Gasteiger partial charge in [-0.25, -0.2) is 9.37 Å². The van der Waals surface area contributed by atoms with Crippen LogP contribution in [0.15, 0.2) is 33.4 Å². The maximum atomic E-state index is 13.8. The number of nitrogens with one attached hydrogen (secondary N) is 1. The zero-order chi connectivity index (χ0) is 12.4. The molecule has 1 aromatic heterocycles. The van der Waals surface area contributed by atoms with E-state index < -0.39 is 0 Å². The van der Waals surface area contributed by atoms with Crippen LogP contribution in [-0.2, 0) is 0 Å². The van der Waals surface area contributed by atoms with Gasteiger partial charge in [0.1, 0.15) is 17.8 Å². The largest absolute Gasteiger partial charge is 0.449 e. The Hall–Kier alpha value is -1.20. The summed E-state index contributed by atoms with van der Waals surface area (Å²) in [5, 5.41) is 3.03. The van der Waals surface area contributed by atoms with Gasteiger partial charge in [0.25, 0.3) is 0 Å². The molecule has 1 atom stereocenters. The number of oxazole rings is 1. The normalized spacial score (nSPS) is 12.7. The van der Waals surface area contributed by atoms with Crippen LogP contribution in [0.2, 0.25) is 0 Å². The molecule has 17 heavy (non-hydrogen) atoms. The van der Waals surface area contributed by atoms with E-state index in [0.29, 0.717) is 17.1 Å². The lowest BCUT2D eigenvalue weighted by atomic mass is 10.0. The summed E-state index contributed by atoms with van der Waals surface area (Å²) in [5.74, 6) is 0.295. The van der Waals surface area contributed by atoms with E-state index in [4.69, 9.17) is 4.42 Å². The highest BCUT2D eigenvalue weighted by Crippen LogP contribution is 2.26. The van der Waals surface area contributed by atoms with Crippen LogP contribution in [0.25, 0.3) is 0 Å². The van der Waals surface area contributed by atoms with Crippen LogP contribution in [0.1, 0.15) is 23.2 Å². The van der Waals surface area contributed by atoms with E-state index in [1.165, 1.54) is 12.3 Å². The molecule has 2 rings (SSSR count). The van der Waals surface area contributed by atoms with Crippen LogP contribution < -0.4 is 5.32 Å². The number of halogens is 2. The highest BCUT2D eigenvalue weighted by molar-refractivity contribution is 9.10. The van der Waals surface area contributed by atoms with E-state index in [2.05, 4.69) is 26.2 Å². The first kappa shape index (κ1) is 12.3. The van der Waals surface area contributed by atoms with Crippen LogP contribution in [0, 0.1) is 12.7 Å². The highest BCUT2D eigenvalue weighted by atomic mass is 79.9. The van der Waals surface area contributed by atoms with Crippen LogP contribution >= 0.6 is 15.9 Å². The first-order valence-electron chi connectivity index (χ1n) is 5.16. The van der Waals surface area contributed by atoms with Gasteiger partial charge in [0, 0.05) is 17.0 Å². The molecule has 0 radical (unpaired) electrons. The average Bonchev–Trinajstić information content (AvgIpc) is 2.71. The maximum Gasteiger partial charge on any atom is 0.191 e. The lowest BCUT2D eigenvalue weighted by Crippen LogP contribution is -2.19. The number of nitrogens with zero attached hydrogens (tertiary/aromatic N) is 1. The van der Waals surface area contributed by atoms with E-state index >= 15 is 0 Å². The van der Waals surface area contributed by atoms with Crippen molar-refractivity contribution in [2.75, 3.05) is 7.05 Å². The molecular weight excluding hydrogens is 287 g/mol. The van der Waals surface area contributed by atoms with Gasteiger partial charge in [0.15, 0.2) is 5.89 Å². The summed E-state index contributed by atoms with van der Waals surface area (Å²) < 4.78 is 19.8. The zero-order valence-corrected chi connectivity index (χ0v) is 11.1. The van der Waals surface area contributed by atoms with E-state index in [-0.39, 0.29) is 11.9 Å². The fourth-order valence-electron chi connectivity index (χ4n) is 1.71. The van der Waals surface area contributed by atoms with Crippen molar-refractivity contribution in [2.24, 2.45) is 0 Å². The minimum Gasteiger partial charge on any atom is -0.449 e. The summed E-state index contributed by atoms with van der Waals surface area (Å²) in [6.07, 6.45) is 1.54. The minimum atomic E-state index is -0.315. The molecule has 0 bridgehead atoms. The van der Waals surface area contributed by atoms with E-state index in [0.717, 1.165) is 4.47 Å². The monoisotopic (exact) mass is 298 g/mol. The summed E-state index contributed by atoms with van der Waals surface area (Å²) in [4.78, 5) is 4.22. The third-order valence-electron chi connectivity index (χ3n) is 2.49. The first-order chi connectivity index (χ1) is 8.11. The predicted octanol–water partition coefficient (Wildman–Crippen LogP) is 3.19. The van der Waals surface area contributed by atoms with E-state index in [1.54, 1.807) is 26.1 Å². The third kappa shape index (κ3) is 2.56. The van der Waals surface area contributed by atoms with Gasteiger partial charge in [-0.2, -0.15) is 0 Å². The number of aromatic nitrogens is 1. The van der Waals surface area contributed by atoms with E-state index in [9.17, 15) is 4.39 Å². The molecule has 1 N–H and O–H groups in total. The van der Waals surface area contributed by atoms with Crippen molar-refractivity contribution in [2.45, 2.75) is 13.0 Å². The molecule has 0 saturated carbocycles. The zero-order valence-electron chi connectivity index (χ0n) is 9.50. The Balaban J connectivity index is 2.45. The topological polar surface area (TPSA) is 38.1 Å². The molecule has 0 aliphatic heterocycles. The second-order valence-electron chi connectivity index (χ2n) is 3.68. The predicted molar refractivity (Wildman–Crippen MR) is 66.2 cm³/mol. The maximum absolute atomic E-state index is 13.8. The lowest BCUT2D eigenvalue weighted by molar-refractivity contribution is 0.518. The summed E-state index contributed by atoms with van der Waals surface area (Å²) in [6.45, 7) is 1.76. The molecule has 0 saturated heterocycles. The summed E-state index contributed by atoms with van der Waals surface area (Å²) >= 11 is 3.33. The SMILES string of the molecule is CNC(c1coc(C)n1)c1cc(Br)ccc1F. The van der Waals surface area contributed by atoms with Gasteiger partial charge in [0.2, 0.25) is 0 Å². The van der Waals surface area contributed by atoms with Crippen molar-refractivity contribution >= 4 is 15.9 Å².